The molecule has 1 N–H and O–H groups in total. The summed E-state index contributed by atoms with van der Waals surface area (Å²) in [6.07, 6.45) is 11.4. The van der Waals surface area contributed by atoms with E-state index in [9.17, 15) is 4.79 Å². The number of amides is 1. The first-order valence-corrected chi connectivity index (χ1v) is 9.48. The van der Waals surface area contributed by atoms with E-state index in [1.165, 1.54) is 68.4 Å². The Morgan fingerprint density at radius 1 is 1.04 bits per heavy atom. The molecule has 0 radical (unpaired) electrons. The number of anilines is 2. The van der Waals surface area contributed by atoms with Crippen molar-refractivity contribution >= 4 is 17.3 Å². The number of carbonyl (C=O) groups is 1. The molecule has 0 aromatic heterocycles. The van der Waals surface area contributed by atoms with Crippen LogP contribution < -0.4 is 10.2 Å². The van der Waals surface area contributed by atoms with Crippen molar-refractivity contribution in [3.05, 3.63) is 23.3 Å². The molecule has 2 aliphatic rings. The third-order valence-corrected chi connectivity index (χ3v) is 5.12. The second-order valence-electron chi connectivity index (χ2n) is 7.05. The number of rotatable bonds is 7. The molecule has 23 heavy (non-hydrogen) atoms. The smallest absolute Gasteiger partial charge is 0.224 e. The fourth-order valence-electron chi connectivity index (χ4n) is 3.99. The highest BCUT2D eigenvalue weighted by molar-refractivity contribution is 5.91. The summed E-state index contributed by atoms with van der Waals surface area (Å²) in [6, 6.07) is 4.43. The van der Waals surface area contributed by atoms with Crippen LogP contribution in [-0.2, 0) is 17.6 Å². The van der Waals surface area contributed by atoms with Crippen LogP contribution in [0.25, 0.3) is 0 Å². The zero-order chi connectivity index (χ0) is 16.1. The maximum absolute atomic E-state index is 12.2. The first-order chi connectivity index (χ1) is 11.3. The van der Waals surface area contributed by atoms with Gasteiger partial charge in [0.1, 0.15) is 0 Å². The maximum atomic E-state index is 12.2. The summed E-state index contributed by atoms with van der Waals surface area (Å²) in [5.41, 5.74) is 5.36. The Balaban J connectivity index is 1.59. The summed E-state index contributed by atoms with van der Waals surface area (Å²) < 4.78 is 0. The predicted octanol–water partition coefficient (Wildman–Crippen LogP) is 4.68. The van der Waals surface area contributed by atoms with Gasteiger partial charge >= 0.3 is 0 Å². The highest BCUT2D eigenvalue weighted by Crippen LogP contribution is 2.37. The van der Waals surface area contributed by atoms with E-state index in [1.807, 2.05) is 0 Å². The Bertz CT molecular complexity index is 522. The first-order valence-electron chi connectivity index (χ1n) is 9.48. The summed E-state index contributed by atoms with van der Waals surface area (Å²) in [7, 11) is 0. The van der Waals surface area contributed by atoms with E-state index in [0.717, 1.165) is 24.9 Å². The molecule has 1 amide bonds. The van der Waals surface area contributed by atoms with E-state index >= 15 is 0 Å². The summed E-state index contributed by atoms with van der Waals surface area (Å²) in [5.74, 6) is 0.178. The van der Waals surface area contributed by atoms with Gasteiger partial charge in [0.15, 0.2) is 0 Å². The molecule has 0 atom stereocenters. The van der Waals surface area contributed by atoms with Gasteiger partial charge in [-0.2, -0.15) is 0 Å². The lowest BCUT2D eigenvalue weighted by molar-refractivity contribution is -0.116. The van der Waals surface area contributed by atoms with Gasteiger partial charge in [-0.3, -0.25) is 4.79 Å². The second kappa shape index (κ2) is 7.85. The molecule has 3 rings (SSSR count). The zero-order valence-electron chi connectivity index (χ0n) is 14.5. The average molecular weight is 314 g/mol. The fourth-order valence-corrected chi connectivity index (χ4v) is 3.99. The summed E-state index contributed by atoms with van der Waals surface area (Å²) >= 11 is 0. The van der Waals surface area contributed by atoms with Crippen molar-refractivity contribution in [2.75, 3.05) is 23.3 Å². The normalized spacial score (nSPS) is 16.1. The Morgan fingerprint density at radius 2 is 1.70 bits per heavy atom. The maximum Gasteiger partial charge on any atom is 0.224 e. The average Bonchev–Trinajstić information content (AvgIpc) is 2.55. The number of unbranched alkanes of at least 4 members (excludes halogenated alkanes) is 4. The van der Waals surface area contributed by atoms with Gasteiger partial charge in [-0.1, -0.05) is 32.6 Å². The van der Waals surface area contributed by atoms with Crippen LogP contribution >= 0.6 is 0 Å². The van der Waals surface area contributed by atoms with Gasteiger partial charge in [0.2, 0.25) is 5.91 Å². The van der Waals surface area contributed by atoms with E-state index in [4.69, 9.17) is 0 Å². The second-order valence-corrected chi connectivity index (χ2v) is 7.05. The van der Waals surface area contributed by atoms with Gasteiger partial charge < -0.3 is 10.2 Å². The molecule has 3 heteroatoms. The molecule has 1 aromatic rings. The van der Waals surface area contributed by atoms with Crippen molar-refractivity contribution in [2.24, 2.45) is 0 Å². The standard InChI is InChI=1S/C20H30N2O/c1-2-3-4-5-6-11-19(23)21-18-14-16-9-7-12-22-13-8-10-17(15-18)20(16)22/h14-15H,2-13H2,1H3,(H,21,23). The predicted molar refractivity (Wildman–Crippen MR) is 97.3 cm³/mol. The largest absolute Gasteiger partial charge is 0.371 e. The molecule has 2 heterocycles. The lowest BCUT2D eigenvalue weighted by Gasteiger charge is -2.37. The van der Waals surface area contributed by atoms with Crippen LogP contribution in [0.2, 0.25) is 0 Å². The van der Waals surface area contributed by atoms with Crippen LogP contribution in [0.3, 0.4) is 0 Å². The van der Waals surface area contributed by atoms with Gasteiger partial charge in [-0.25, -0.2) is 0 Å². The van der Waals surface area contributed by atoms with Crippen molar-refractivity contribution in [2.45, 2.75) is 71.1 Å². The zero-order valence-corrected chi connectivity index (χ0v) is 14.5. The van der Waals surface area contributed by atoms with Crippen molar-refractivity contribution in [1.82, 2.24) is 0 Å². The fraction of sp³-hybridized carbons (Fsp3) is 0.650. The molecular weight excluding hydrogens is 284 g/mol. The van der Waals surface area contributed by atoms with Crippen LogP contribution in [-0.4, -0.2) is 19.0 Å². The lowest BCUT2D eigenvalue weighted by atomic mass is 9.91. The van der Waals surface area contributed by atoms with Crippen LogP contribution in [0, 0.1) is 0 Å². The number of hydrogen-bond acceptors (Lipinski definition) is 2. The topological polar surface area (TPSA) is 32.3 Å². The Morgan fingerprint density at radius 3 is 2.35 bits per heavy atom. The molecule has 2 aliphatic heterocycles. The number of hydrogen-bond donors (Lipinski definition) is 1. The van der Waals surface area contributed by atoms with Crippen molar-refractivity contribution in [3.8, 4) is 0 Å². The number of benzene rings is 1. The first kappa shape index (κ1) is 16.4. The quantitative estimate of drug-likeness (QED) is 0.741. The third kappa shape index (κ3) is 4.07. The van der Waals surface area contributed by atoms with E-state index in [1.54, 1.807) is 0 Å². The van der Waals surface area contributed by atoms with Gasteiger partial charge in [-0.15, -0.1) is 0 Å². The molecule has 1 aromatic carbocycles. The van der Waals surface area contributed by atoms with Gasteiger partial charge in [0, 0.05) is 30.9 Å². The highest BCUT2D eigenvalue weighted by Gasteiger charge is 2.24. The molecule has 0 bridgehead atoms. The number of carbonyl (C=O) groups excluding carboxylic acids is 1. The van der Waals surface area contributed by atoms with E-state index in [-0.39, 0.29) is 5.91 Å². The lowest BCUT2D eigenvalue weighted by Crippen LogP contribution is -2.34. The molecule has 0 unspecified atom stereocenters. The van der Waals surface area contributed by atoms with Gasteiger partial charge in [0.25, 0.3) is 0 Å². The molecule has 0 saturated carbocycles. The highest BCUT2D eigenvalue weighted by atomic mass is 16.1. The Labute approximate surface area is 140 Å². The van der Waals surface area contributed by atoms with Crippen LogP contribution in [0.1, 0.15) is 69.4 Å². The molecular formula is C20H30N2O. The van der Waals surface area contributed by atoms with Crippen LogP contribution in [0.5, 0.6) is 0 Å². The van der Waals surface area contributed by atoms with Crippen molar-refractivity contribution in [3.63, 3.8) is 0 Å². The van der Waals surface area contributed by atoms with Crippen LogP contribution in [0.15, 0.2) is 12.1 Å². The minimum Gasteiger partial charge on any atom is -0.371 e. The molecule has 0 fully saturated rings. The minimum absolute atomic E-state index is 0.178. The SMILES string of the molecule is CCCCCCCC(=O)Nc1cc2c3c(c1)CCCN3CCC2. The molecule has 126 valence electrons. The molecule has 0 saturated heterocycles. The van der Waals surface area contributed by atoms with Crippen molar-refractivity contribution in [1.29, 1.82) is 0 Å². The van der Waals surface area contributed by atoms with E-state index in [0.29, 0.717) is 6.42 Å². The van der Waals surface area contributed by atoms with E-state index < -0.39 is 0 Å². The van der Waals surface area contributed by atoms with E-state index in [2.05, 4.69) is 29.3 Å². The molecule has 3 nitrogen and oxygen atoms in total. The number of nitrogens with zero attached hydrogens (tertiary/aromatic N) is 1. The van der Waals surface area contributed by atoms with Crippen molar-refractivity contribution < 1.29 is 4.79 Å². The number of aryl methyl sites for hydroxylation is 2. The summed E-state index contributed by atoms with van der Waals surface area (Å²) in [4.78, 5) is 14.7. The molecule has 0 spiro atoms. The van der Waals surface area contributed by atoms with Gasteiger partial charge in [0.05, 0.1) is 0 Å². The number of nitrogens with one attached hydrogen (secondary N) is 1. The Kier molecular flexibility index (Phi) is 5.58. The Hall–Kier alpha value is -1.51. The third-order valence-electron chi connectivity index (χ3n) is 5.12. The minimum atomic E-state index is 0.178. The summed E-state index contributed by atoms with van der Waals surface area (Å²) in [6.45, 7) is 4.61. The van der Waals surface area contributed by atoms with Crippen LogP contribution in [0.4, 0.5) is 11.4 Å². The van der Waals surface area contributed by atoms with Gasteiger partial charge in [-0.05, 0) is 55.4 Å². The molecule has 0 aliphatic carbocycles. The summed E-state index contributed by atoms with van der Waals surface area (Å²) in [5, 5.41) is 3.14. The monoisotopic (exact) mass is 314 g/mol.